The molecule has 0 fully saturated rings. The van der Waals surface area contributed by atoms with Gasteiger partial charge in [0.05, 0.1) is 17.7 Å². The van der Waals surface area contributed by atoms with E-state index in [2.05, 4.69) is 33.4 Å². The minimum absolute atomic E-state index is 0.669. The number of benzene rings is 2. The summed E-state index contributed by atoms with van der Waals surface area (Å²) in [7, 11) is 0. The minimum Gasteiger partial charge on any atom is -0.256 e. The van der Waals surface area contributed by atoms with E-state index in [1.54, 1.807) is 0 Å². The van der Waals surface area contributed by atoms with E-state index in [0.717, 1.165) is 11.2 Å². The van der Waals surface area contributed by atoms with E-state index in [4.69, 9.17) is 0 Å². The van der Waals surface area contributed by atoms with Crippen molar-refractivity contribution in [2.45, 2.75) is 6.54 Å². The fraction of sp³-hybridized carbons (Fsp3) is 0.0625. The predicted molar refractivity (Wildman–Crippen MR) is 75.4 cm³/mol. The predicted octanol–water partition coefficient (Wildman–Crippen LogP) is 4.50. The van der Waals surface area contributed by atoms with Crippen molar-refractivity contribution >= 4 is 16.6 Å². The first kappa shape index (κ1) is 10.4. The quantitative estimate of drug-likeness (QED) is 0.622. The number of hydrogen-bond donors (Lipinski definition) is 0. The van der Waals surface area contributed by atoms with Crippen molar-refractivity contribution in [2.75, 3.05) is 0 Å². The molecule has 0 unspecified atom stereocenters. The van der Waals surface area contributed by atoms with Gasteiger partial charge in [-0.05, 0) is 29.3 Å². The lowest BCUT2D eigenvalue weighted by atomic mass is 9.96. The van der Waals surface area contributed by atoms with Crippen molar-refractivity contribution in [1.29, 1.82) is 0 Å². The lowest BCUT2D eigenvalue weighted by Gasteiger charge is -2.09. The molecule has 1 aliphatic heterocycles. The smallest absolute Gasteiger partial charge is 0.0910 e. The zero-order chi connectivity index (χ0) is 12.7. The number of aromatic nitrogens is 1. The van der Waals surface area contributed by atoms with Crippen molar-refractivity contribution in [2.24, 2.45) is 10.2 Å². The van der Waals surface area contributed by atoms with Crippen molar-refractivity contribution < 1.29 is 0 Å². The summed E-state index contributed by atoms with van der Waals surface area (Å²) in [6, 6.07) is 16.5. The van der Waals surface area contributed by atoms with E-state index in [0.29, 0.717) is 6.54 Å². The van der Waals surface area contributed by atoms with Crippen LogP contribution in [0.15, 0.2) is 65.0 Å². The Bertz CT molecular complexity index is 801. The molecule has 19 heavy (non-hydrogen) atoms. The number of azo groups is 1. The van der Waals surface area contributed by atoms with Gasteiger partial charge in [0.2, 0.25) is 0 Å². The molecule has 2 heterocycles. The molecule has 0 spiro atoms. The van der Waals surface area contributed by atoms with Crippen molar-refractivity contribution in [3.05, 3.63) is 60.3 Å². The number of nitrogens with zero attached hydrogens (tertiary/aromatic N) is 3. The van der Waals surface area contributed by atoms with Crippen LogP contribution in [0.3, 0.4) is 0 Å². The highest BCUT2D eigenvalue weighted by Crippen LogP contribution is 2.37. The fourth-order valence-corrected chi connectivity index (χ4v) is 2.60. The Morgan fingerprint density at radius 3 is 2.79 bits per heavy atom. The van der Waals surface area contributed by atoms with E-state index < -0.39 is 0 Å². The van der Waals surface area contributed by atoms with Gasteiger partial charge < -0.3 is 0 Å². The third kappa shape index (κ3) is 1.55. The Kier molecular flexibility index (Phi) is 2.18. The minimum atomic E-state index is 0.669. The molecule has 0 N–H and O–H groups in total. The zero-order valence-corrected chi connectivity index (χ0v) is 10.2. The van der Waals surface area contributed by atoms with Gasteiger partial charge in [-0.2, -0.15) is 10.2 Å². The highest BCUT2D eigenvalue weighted by molar-refractivity contribution is 5.95. The maximum absolute atomic E-state index is 4.41. The largest absolute Gasteiger partial charge is 0.256 e. The van der Waals surface area contributed by atoms with Gasteiger partial charge in [0.15, 0.2) is 0 Å². The van der Waals surface area contributed by atoms with Crippen LogP contribution in [0.2, 0.25) is 0 Å². The molecule has 0 aliphatic carbocycles. The molecule has 3 nitrogen and oxygen atoms in total. The van der Waals surface area contributed by atoms with E-state index in [-0.39, 0.29) is 0 Å². The van der Waals surface area contributed by atoms with Gasteiger partial charge in [-0.15, -0.1) is 0 Å². The van der Waals surface area contributed by atoms with E-state index in [1.807, 2.05) is 36.5 Å². The number of para-hydroxylation sites is 1. The summed E-state index contributed by atoms with van der Waals surface area (Å²) in [6.45, 7) is 0.669. The molecule has 0 bridgehead atoms. The second-order valence-corrected chi connectivity index (χ2v) is 4.58. The molecule has 1 aromatic heterocycles. The van der Waals surface area contributed by atoms with Crippen molar-refractivity contribution in [3.63, 3.8) is 0 Å². The third-order valence-electron chi connectivity index (χ3n) is 3.50. The Morgan fingerprint density at radius 2 is 1.79 bits per heavy atom. The molecule has 1 aliphatic rings. The lowest BCUT2D eigenvalue weighted by molar-refractivity contribution is 1.04. The summed E-state index contributed by atoms with van der Waals surface area (Å²) in [6.07, 6.45) is 1.86. The molecule has 4 rings (SSSR count). The summed E-state index contributed by atoms with van der Waals surface area (Å²) in [5, 5.41) is 9.47. The average molecular weight is 245 g/mol. The van der Waals surface area contributed by atoms with Crippen LogP contribution in [0.4, 0.5) is 5.69 Å². The molecule has 0 radical (unpaired) electrons. The normalized spacial score (nSPS) is 12.8. The monoisotopic (exact) mass is 245 g/mol. The van der Waals surface area contributed by atoms with E-state index in [1.165, 1.54) is 22.1 Å². The summed E-state index contributed by atoms with van der Waals surface area (Å²) < 4.78 is 0. The number of pyridine rings is 1. The molecule has 0 saturated heterocycles. The Hall–Kier alpha value is -2.55. The van der Waals surface area contributed by atoms with Gasteiger partial charge in [0.1, 0.15) is 0 Å². The van der Waals surface area contributed by atoms with E-state index in [9.17, 15) is 0 Å². The van der Waals surface area contributed by atoms with Crippen LogP contribution in [0.25, 0.3) is 22.0 Å². The molecular formula is C16H11N3. The molecule has 3 heteroatoms. The zero-order valence-electron chi connectivity index (χ0n) is 10.2. The molecule has 0 saturated carbocycles. The van der Waals surface area contributed by atoms with Crippen molar-refractivity contribution in [3.8, 4) is 11.1 Å². The Balaban J connectivity index is 2.04. The topological polar surface area (TPSA) is 37.6 Å². The van der Waals surface area contributed by atoms with Crippen LogP contribution in [-0.4, -0.2) is 4.98 Å². The number of hydrogen-bond acceptors (Lipinski definition) is 3. The van der Waals surface area contributed by atoms with Gasteiger partial charge in [0, 0.05) is 17.1 Å². The SMILES string of the molecule is c1cc2c(c(-c3ccnc4ccccc34)c1)CN=N2. The first-order valence-electron chi connectivity index (χ1n) is 6.27. The highest BCUT2D eigenvalue weighted by Gasteiger charge is 2.15. The maximum Gasteiger partial charge on any atom is 0.0910 e. The Morgan fingerprint density at radius 1 is 0.842 bits per heavy atom. The van der Waals surface area contributed by atoms with Gasteiger partial charge in [0.25, 0.3) is 0 Å². The van der Waals surface area contributed by atoms with Crippen LogP contribution in [0.5, 0.6) is 0 Å². The number of rotatable bonds is 1. The number of fused-ring (bicyclic) bond motifs is 2. The van der Waals surface area contributed by atoms with Crippen LogP contribution < -0.4 is 0 Å². The second-order valence-electron chi connectivity index (χ2n) is 4.58. The molecule has 2 aromatic carbocycles. The molecular weight excluding hydrogens is 234 g/mol. The van der Waals surface area contributed by atoms with Crippen molar-refractivity contribution in [1.82, 2.24) is 4.98 Å². The molecule has 0 amide bonds. The van der Waals surface area contributed by atoms with Gasteiger partial charge in [-0.3, -0.25) is 4.98 Å². The lowest BCUT2D eigenvalue weighted by Crippen LogP contribution is -1.88. The standard InChI is InChI=1S/C16H11N3/c1-2-6-15-13(4-1)12(8-9-17-15)11-5-3-7-16-14(11)10-18-19-16/h1-9H,10H2. The summed E-state index contributed by atoms with van der Waals surface area (Å²) in [5.41, 5.74) is 5.62. The van der Waals surface area contributed by atoms with Crippen LogP contribution in [-0.2, 0) is 6.54 Å². The summed E-state index contributed by atoms with van der Waals surface area (Å²) in [5.74, 6) is 0. The van der Waals surface area contributed by atoms with Gasteiger partial charge in [-0.25, -0.2) is 0 Å². The first-order chi connectivity index (χ1) is 9.43. The third-order valence-corrected chi connectivity index (χ3v) is 3.50. The second kappa shape index (κ2) is 3.99. The maximum atomic E-state index is 4.41. The molecule has 3 aromatic rings. The average Bonchev–Trinajstić information content (AvgIpc) is 2.95. The van der Waals surface area contributed by atoms with Gasteiger partial charge >= 0.3 is 0 Å². The highest BCUT2D eigenvalue weighted by atomic mass is 15.1. The van der Waals surface area contributed by atoms with Crippen LogP contribution in [0.1, 0.15) is 5.56 Å². The Labute approximate surface area is 110 Å². The molecule has 90 valence electrons. The van der Waals surface area contributed by atoms with E-state index >= 15 is 0 Å². The first-order valence-corrected chi connectivity index (χ1v) is 6.27. The fourth-order valence-electron chi connectivity index (χ4n) is 2.60. The molecule has 0 atom stereocenters. The van der Waals surface area contributed by atoms with Gasteiger partial charge in [-0.1, -0.05) is 30.3 Å². The van der Waals surface area contributed by atoms with Crippen LogP contribution >= 0.6 is 0 Å². The summed E-state index contributed by atoms with van der Waals surface area (Å²) in [4.78, 5) is 4.41. The summed E-state index contributed by atoms with van der Waals surface area (Å²) >= 11 is 0. The van der Waals surface area contributed by atoms with Crippen LogP contribution in [0, 0.1) is 0 Å².